The maximum atomic E-state index is 12.1. The van der Waals surface area contributed by atoms with Gasteiger partial charge in [0.1, 0.15) is 6.61 Å². The molecule has 0 aliphatic heterocycles. The van der Waals surface area contributed by atoms with Crippen molar-refractivity contribution in [2.45, 2.75) is 18.6 Å². The van der Waals surface area contributed by atoms with Gasteiger partial charge in [-0.3, -0.25) is 0 Å². The third-order valence-corrected chi connectivity index (χ3v) is 5.25. The molecular formula is C25H25NO4. The van der Waals surface area contributed by atoms with Gasteiger partial charge >= 0.3 is 6.09 Å². The van der Waals surface area contributed by atoms with Crippen LogP contribution >= 0.6 is 0 Å². The van der Waals surface area contributed by atoms with Crippen LogP contribution in [-0.2, 0) is 16.1 Å². The number of hydrogen-bond acceptors (Lipinski definition) is 4. The summed E-state index contributed by atoms with van der Waals surface area (Å²) in [4.78, 5) is 12.1. The average molecular weight is 403 g/mol. The van der Waals surface area contributed by atoms with Crippen LogP contribution in [0.25, 0.3) is 11.1 Å². The molecule has 154 valence electrons. The van der Waals surface area contributed by atoms with E-state index < -0.39 is 12.2 Å². The number of nitrogens with one attached hydrogen (secondary N) is 1. The SMILES string of the molecule is O=C(NCC(O)COCc1ccccc1)OCC1c2ccccc2-c2ccccc21. The van der Waals surface area contributed by atoms with E-state index in [9.17, 15) is 9.90 Å². The van der Waals surface area contributed by atoms with Crippen molar-refractivity contribution in [1.29, 1.82) is 0 Å². The lowest BCUT2D eigenvalue weighted by molar-refractivity contribution is 0.0282. The van der Waals surface area contributed by atoms with Crippen LogP contribution in [0.4, 0.5) is 4.79 Å². The molecule has 1 amide bonds. The van der Waals surface area contributed by atoms with Crippen molar-refractivity contribution < 1.29 is 19.4 Å². The summed E-state index contributed by atoms with van der Waals surface area (Å²) < 4.78 is 11.0. The number of hydrogen-bond donors (Lipinski definition) is 2. The van der Waals surface area contributed by atoms with Crippen LogP contribution in [0, 0.1) is 0 Å². The minimum absolute atomic E-state index is 0.0160. The molecule has 5 nitrogen and oxygen atoms in total. The smallest absolute Gasteiger partial charge is 0.407 e. The van der Waals surface area contributed by atoms with E-state index in [4.69, 9.17) is 9.47 Å². The van der Waals surface area contributed by atoms with Gasteiger partial charge in [-0.2, -0.15) is 0 Å². The van der Waals surface area contributed by atoms with Crippen LogP contribution in [-0.4, -0.2) is 37.1 Å². The van der Waals surface area contributed by atoms with E-state index in [2.05, 4.69) is 29.6 Å². The molecular weight excluding hydrogens is 378 g/mol. The number of amides is 1. The van der Waals surface area contributed by atoms with E-state index in [1.54, 1.807) is 0 Å². The first-order valence-electron chi connectivity index (χ1n) is 10.1. The van der Waals surface area contributed by atoms with E-state index in [0.29, 0.717) is 6.61 Å². The summed E-state index contributed by atoms with van der Waals surface area (Å²) in [5.41, 5.74) is 5.75. The Morgan fingerprint density at radius 1 is 0.900 bits per heavy atom. The summed E-state index contributed by atoms with van der Waals surface area (Å²) in [6, 6.07) is 26.1. The number of aliphatic hydroxyl groups is 1. The number of benzene rings is 3. The maximum Gasteiger partial charge on any atom is 0.407 e. The Hall–Kier alpha value is -3.15. The quantitative estimate of drug-likeness (QED) is 0.594. The average Bonchev–Trinajstić information content (AvgIpc) is 3.11. The third kappa shape index (κ3) is 4.70. The summed E-state index contributed by atoms with van der Waals surface area (Å²) in [5, 5.41) is 12.6. The number of fused-ring (bicyclic) bond motifs is 3. The van der Waals surface area contributed by atoms with Gasteiger partial charge in [-0.25, -0.2) is 4.79 Å². The fourth-order valence-electron chi connectivity index (χ4n) is 3.80. The van der Waals surface area contributed by atoms with Gasteiger partial charge in [-0.1, -0.05) is 78.9 Å². The number of rotatable bonds is 8. The highest BCUT2D eigenvalue weighted by Gasteiger charge is 2.28. The van der Waals surface area contributed by atoms with Gasteiger partial charge < -0.3 is 19.9 Å². The number of carbonyl (C=O) groups is 1. The Labute approximate surface area is 176 Å². The normalized spacial score (nSPS) is 13.4. The van der Waals surface area contributed by atoms with Crippen molar-refractivity contribution in [2.75, 3.05) is 19.8 Å². The van der Waals surface area contributed by atoms with E-state index in [0.717, 1.165) is 5.56 Å². The highest BCUT2D eigenvalue weighted by atomic mass is 16.5. The third-order valence-electron chi connectivity index (χ3n) is 5.25. The molecule has 5 heteroatoms. The number of ether oxygens (including phenoxy) is 2. The molecule has 0 fully saturated rings. The molecule has 0 bridgehead atoms. The minimum atomic E-state index is -0.797. The molecule has 3 aromatic carbocycles. The van der Waals surface area contributed by atoms with Crippen molar-refractivity contribution in [1.82, 2.24) is 5.32 Å². The zero-order chi connectivity index (χ0) is 20.8. The lowest BCUT2D eigenvalue weighted by atomic mass is 9.98. The molecule has 0 heterocycles. The van der Waals surface area contributed by atoms with Crippen molar-refractivity contribution in [3.05, 3.63) is 95.6 Å². The second-order valence-corrected chi connectivity index (χ2v) is 7.36. The van der Waals surface area contributed by atoms with Crippen molar-refractivity contribution in [2.24, 2.45) is 0 Å². The van der Waals surface area contributed by atoms with Gasteiger partial charge in [0, 0.05) is 12.5 Å². The molecule has 2 N–H and O–H groups in total. The second-order valence-electron chi connectivity index (χ2n) is 7.36. The van der Waals surface area contributed by atoms with Crippen LogP contribution in [0.15, 0.2) is 78.9 Å². The van der Waals surface area contributed by atoms with Gasteiger partial charge in [0.2, 0.25) is 0 Å². The zero-order valence-corrected chi connectivity index (χ0v) is 16.7. The Morgan fingerprint density at radius 2 is 1.50 bits per heavy atom. The largest absolute Gasteiger partial charge is 0.449 e. The molecule has 0 saturated heterocycles. The molecule has 1 atom stereocenters. The number of carbonyl (C=O) groups excluding carboxylic acids is 1. The number of alkyl carbamates (subject to hydrolysis) is 1. The molecule has 0 spiro atoms. The summed E-state index contributed by atoms with van der Waals surface area (Å²) >= 11 is 0. The predicted molar refractivity (Wildman–Crippen MR) is 115 cm³/mol. The lowest BCUT2D eigenvalue weighted by Gasteiger charge is -2.16. The lowest BCUT2D eigenvalue weighted by Crippen LogP contribution is -2.35. The highest BCUT2D eigenvalue weighted by Crippen LogP contribution is 2.44. The predicted octanol–water partition coefficient (Wildman–Crippen LogP) is 4.10. The highest BCUT2D eigenvalue weighted by molar-refractivity contribution is 5.79. The van der Waals surface area contributed by atoms with E-state index in [1.165, 1.54) is 22.3 Å². The van der Waals surface area contributed by atoms with Crippen molar-refractivity contribution >= 4 is 6.09 Å². The Morgan fingerprint density at radius 3 is 2.17 bits per heavy atom. The molecule has 1 aliphatic carbocycles. The van der Waals surface area contributed by atoms with E-state index in [1.807, 2.05) is 54.6 Å². The second kappa shape index (κ2) is 9.57. The Bertz CT molecular complexity index is 944. The monoisotopic (exact) mass is 403 g/mol. The summed E-state index contributed by atoms with van der Waals surface area (Å²) in [6.07, 6.45) is -1.34. The topological polar surface area (TPSA) is 67.8 Å². The molecule has 4 rings (SSSR count). The number of aliphatic hydroxyl groups excluding tert-OH is 1. The zero-order valence-electron chi connectivity index (χ0n) is 16.7. The fourth-order valence-corrected chi connectivity index (χ4v) is 3.80. The van der Waals surface area contributed by atoms with Gasteiger partial charge in [-0.05, 0) is 27.8 Å². The van der Waals surface area contributed by atoms with Crippen LogP contribution < -0.4 is 5.32 Å². The standard InChI is InChI=1S/C25H25NO4/c27-19(16-29-15-18-8-2-1-3-9-18)14-26-25(28)30-17-24-22-12-6-4-10-20(22)21-11-5-7-13-23(21)24/h1-13,19,24,27H,14-17H2,(H,26,28). The van der Waals surface area contributed by atoms with Crippen molar-refractivity contribution in [3.63, 3.8) is 0 Å². The molecule has 0 radical (unpaired) electrons. The molecule has 30 heavy (non-hydrogen) atoms. The Balaban J connectivity index is 1.23. The van der Waals surface area contributed by atoms with Crippen LogP contribution in [0.3, 0.4) is 0 Å². The van der Waals surface area contributed by atoms with E-state index >= 15 is 0 Å². The van der Waals surface area contributed by atoms with Crippen LogP contribution in [0.2, 0.25) is 0 Å². The van der Waals surface area contributed by atoms with Crippen molar-refractivity contribution in [3.8, 4) is 11.1 Å². The first-order valence-corrected chi connectivity index (χ1v) is 10.1. The van der Waals surface area contributed by atoms with Gasteiger partial charge in [0.15, 0.2) is 0 Å². The summed E-state index contributed by atoms with van der Waals surface area (Å²) in [5.74, 6) is 0.0160. The van der Waals surface area contributed by atoms with Gasteiger partial charge in [-0.15, -0.1) is 0 Å². The molecule has 0 saturated carbocycles. The van der Waals surface area contributed by atoms with Gasteiger partial charge in [0.25, 0.3) is 0 Å². The Kier molecular flexibility index (Phi) is 6.42. The maximum absolute atomic E-state index is 12.1. The molecule has 3 aromatic rings. The fraction of sp³-hybridized carbons (Fsp3) is 0.240. The van der Waals surface area contributed by atoms with Crippen LogP contribution in [0.5, 0.6) is 0 Å². The van der Waals surface area contributed by atoms with Crippen LogP contribution in [0.1, 0.15) is 22.6 Å². The molecule has 0 aromatic heterocycles. The molecule has 1 aliphatic rings. The molecule has 1 unspecified atom stereocenters. The first-order chi connectivity index (χ1) is 14.7. The van der Waals surface area contributed by atoms with E-state index in [-0.39, 0.29) is 25.7 Å². The first kappa shape index (κ1) is 20.1. The van der Waals surface area contributed by atoms with Gasteiger partial charge in [0.05, 0.1) is 19.3 Å². The minimum Gasteiger partial charge on any atom is -0.449 e. The summed E-state index contributed by atoms with van der Waals surface area (Å²) in [7, 11) is 0. The summed E-state index contributed by atoms with van der Waals surface area (Å²) in [6.45, 7) is 0.882.